The summed E-state index contributed by atoms with van der Waals surface area (Å²) in [6, 6.07) is 10.8. The van der Waals surface area contributed by atoms with E-state index in [1.165, 1.54) is 14.2 Å². The van der Waals surface area contributed by atoms with Gasteiger partial charge in [0.1, 0.15) is 12.3 Å². The minimum Gasteiger partial charge on any atom is -0.487 e. The summed E-state index contributed by atoms with van der Waals surface area (Å²) in [6.07, 6.45) is 7.25. The summed E-state index contributed by atoms with van der Waals surface area (Å²) in [4.78, 5) is 10.1. The third kappa shape index (κ3) is 5.54. The molecule has 0 unspecified atom stereocenters. The molecule has 0 aliphatic heterocycles. The van der Waals surface area contributed by atoms with E-state index in [2.05, 4.69) is 16.2 Å². The van der Waals surface area contributed by atoms with Crippen molar-refractivity contribution in [1.29, 1.82) is 0 Å². The fourth-order valence-corrected chi connectivity index (χ4v) is 2.81. The van der Waals surface area contributed by atoms with E-state index in [0.717, 1.165) is 16.5 Å². The van der Waals surface area contributed by atoms with Crippen LogP contribution in [-0.4, -0.2) is 61.5 Å². The molecule has 32 heavy (non-hydrogen) atoms. The molecule has 0 saturated heterocycles. The largest absolute Gasteiger partial charge is 0.487 e. The zero-order chi connectivity index (χ0) is 22.9. The van der Waals surface area contributed by atoms with Gasteiger partial charge in [0.25, 0.3) is 0 Å². The van der Waals surface area contributed by atoms with Crippen molar-refractivity contribution in [2.75, 3.05) is 47.0 Å². The summed E-state index contributed by atoms with van der Waals surface area (Å²) in [6.45, 7) is 0.725. The summed E-state index contributed by atoms with van der Waals surface area (Å²) < 4.78 is 18.3. The highest BCUT2D eigenvalue weighted by molar-refractivity contribution is 5.77. The number of terminal acetylenes is 1. The van der Waals surface area contributed by atoms with Gasteiger partial charge in [0, 0.05) is 30.0 Å². The van der Waals surface area contributed by atoms with Crippen molar-refractivity contribution in [1.82, 2.24) is 20.2 Å². The van der Waals surface area contributed by atoms with Crippen LogP contribution >= 0.6 is 0 Å². The second-order valence-corrected chi connectivity index (χ2v) is 6.44. The lowest BCUT2D eigenvalue weighted by Crippen LogP contribution is -2.26. The van der Waals surface area contributed by atoms with Crippen molar-refractivity contribution in [3.05, 3.63) is 48.2 Å². The lowest BCUT2D eigenvalue weighted by atomic mass is 10.1. The highest BCUT2D eigenvalue weighted by Crippen LogP contribution is 2.37. The van der Waals surface area contributed by atoms with E-state index in [9.17, 15) is 0 Å². The lowest BCUT2D eigenvalue weighted by molar-refractivity contribution is -0.362. The van der Waals surface area contributed by atoms with Gasteiger partial charge in [0.2, 0.25) is 0 Å². The highest BCUT2D eigenvalue weighted by atomic mass is 17.0. The third-order valence-corrected chi connectivity index (χ3v) is 4.44. The van der Waals surface area contributed by atoms with Crippen LogP contribution in [0.2, 0.25) is 0 Å². The highest BCUT2D eigenvalue weighted by Gasteiger charge is 2.16. The molecule has 0 aliphatic carbocycles. The first-order chi connectivity index (χ1) is 15.6. The maximum Gasteiger partial charge on any atom is 0.190 e. The van der Waals surface area contributed by atoms with Crippen molar-refractivity contribution in [3.63, 3.8) is 0 Å². The quantitative estimate of drug-likeness (QED) is 0.158. The van der Waals surface area contributed by atoms with Crippen LogP contribution in [0.15, 0.2) is 42.6 Å². The number of hydrogen-bond donors (Lipinski definition) is 1. The summed E-state index contributed by atoms with van der Waals surface area (Å²) in [7, 11) is 4.52. The molecule has 3 aromatic rings. The Morgan fingerprint density at radius 1 is 1.06 bits per heavy atom. The van der Waals surface area contributed by atoms with Gasteiger partial charge in [-0.1, -0.05) is 17.2 Å². The minimum atomic E-state index is -0.0113. The Morgan fingerprint density at radius 3 is 2.56 bits per heavy atom. The number of ether oxygens (including phenoxy) is 3. The SMILES string of the molecule is C#Cc1cccc(-n2cc(-c3cc(OCN(OC)OC)c(OCCOC)cc3N)nn2)c1. The normalized spacial score (nSPS) is 10.8. The van der Waals surface area contributed by atoms with E-state index in [0.29, 0.717) is 41.7 Å². The van der Waals surface area contributed by atoms with Crippen LogP contribution in [0, 0.1) is 12.3 Å². The molecule has 10 nitrogen and oxygen atoms in total. The average Bonchev–Trinajstić information content (AvgIpc) is 3.31. The second-order valence-electron chi connectivity index (χ2n) is 6.44. The first-order valence-corrected chi connectivity index (χ1v) is 9.63. The Bertz CT molecular complexity index is 1070. The number of nitrogens with two attached hydrogens (primary N) is 1. The molecule has 168 valence electrons. The summed E-state index contributed by atoms with van der Waals surface area (Å²) >= 11 is 0. The molecule has 3 rings (SSSR count). The Labute approximate surface area is 186 Å². The monoisotopic (exact) mass is 439 g/mol. The van der Waals surface area contributed by atoms with Crippen LogP contribution in [0.3, 0.4) is 0 Å². The molecular formula is C22H25N5O5. The fourth-order valence-electron chi connectivity index (χ4n) is 2.81. The topological polar surface area (TPSA) is 106 Å². The first kappa shape index (κ1) is 23.1. The van der Waals surface area contributed by atoms with Gasteiger partial charge in [-0.3, -0.25) is 9.68 Å². The number of rotatable bonds is 11. The predicted molar refractivity (Wildman–Crippen MR) is 118 cm³/mol. The Morgan fingerprint density at radius 2 is 1.84 bits per heavy atom. The molecule has 0 fully saturated rings. The predicted octanol–water partition coefficient (Wildman–Crippen LogP) is 2.28. The maximum atomic E-state index is 6.30. The number of anilines is 1. The van der Waals surface area contributed by atoms with Gasteiger partial charge >= 0.3 is 0 Å². The fraction of sp³-hybridized carbons (Fsp3) is 0.273. The number of benzene rings is 2. The van der Waals surface area contributed by atoms with E-state index < -0.39 is 0 Å². The molecule has 0 radical (unpaired) electrons. The van der Waals surface area contributed by atoms with Crippen molar-refractivity contribution in [3.8, 4) is 40.8 Å². The van der Waals surface area contributed by atoms with Crippen LogP contribution in [0.4, 0.5) is 5.69 Å². The van der Waals surface area contributed by atoms with Gasteiger partial charge in [0.05, 0.1) is 32.7 Å². The number of hydrogen-bond acceptors (Lipinski definition) is 9. The zero-order valence-electron chi connectivity index (χ0n) is 18.1. The Kier molecular flexibility index (Phi) is 8.02. The third-order valence-electron chi connectivity index (χ3n) is 4.44. The number of nitrogens with zero attached hydrogens (tertiary/aromatic N) is 4. The maximum absolute atomic E-state index is 6.30. The summed E-state index contributed by atoms with van der Waals surface area (Å²) in [5.74, 6) is 3.48. The molecule has 0 bridgehead atoms. The lowest BCUT2D eigenvalue weighted by Gasteiger charge is -2.19. The standard InChI is InChI=1S/C22H25N5O5/c1-5-16-7-6-8-17(11-16)26-14-20(24-25-26)18-12-21(32-15-27(29-3)30-4)22(13-19(18)23)31-10-9-28-2/h1,6-8,11-14H,9-10,15,23H2,2-4H3. The molecule has 2 N–H and O–H groups in total. The van der Waals surface area contributed by atoms with Gasteiger partial charge in [-0.15, -0.1) is 11.5 Å². The minimum absolute atomic E-state index is 0.0113. The van der Waals surface area contributed by atoms with Crippen molar-refractivity contribution in [2.45, 2.75) is 0 Å². The zero-order valence-corrected chi connectivity index (χ0v) is 18.1. The van der Waals surface area contributed by atoms with Crippen LogP contribution < -0.4 is 15.2 Å². The molecule has 1 heterocycles. The summed E-state index contributed by atoms with van der Waals surface area (Å²) in [5, 5.41) is 9.61. The van der Waals surface area contributed by atoms with Gasteiger partial charge in [-0.2, -0.15) is 0 Å². The van der Waals surface area contributed by atoms with Crippen LogP contribution in [-0.2, 0) is 14.4 Å². The van der Waals surface area contributed by atoms with E-state index in [4.69, 9.17) is 36.0 Å². The van der Waals surface area contributed by atoms with Gasteiger partial charge in [0.15, 0.2) is 18.2 Å². The van der Waals surface area contributed by atoms with Gasteiger partial charge in [-0.25, -0.2) is 4.68 Å². The Balaban J connectivity index is 1.92. The molecule has 0 aliphatic rings. The number of aromatic nitrogens is 3. The molecule has 10 heteroatoms. The van der Waals surface area contributed by atoms with Crippen molar-refractivity contribution < 1.29 is 23.9 Å². The van der Waals surface area contributed by atoms with Gasteiger partial charge < -0.3 is 19.9 Å². The second kappa shape index (κ2) is 11.1. The number of methoxy groups -OCH3 is 1. The van der Waals surface area contributed by atoms with Gasteiger partial charge in [-0.05, 0) is 29.5 Å². The van der Waals surface area contributed by atoms with E-state index in [-0.39, 0.29) is 6.73 Å². The number of nitrogen functional groups attached to an aromatic ring is 1. The van der Waals surface area contributed by atoms with Crippen LogP contribution in [0.5, 0.6) is 11.5 Å². The molecule has 0 atom stereocenters. The van der Waals surface area contributed by atoms with E-state index in [1.54, 1.807) is 30.1 Å². The Hall–Kier alpha value is -3.62. The smallest absolute Gasteiger partial charge is 0.190 e. The number of hydroxylamine groups is 2. The molecule has 2 aromatic carbocycles. The molecular weight excluding hydrogens is 414 g/mol. The average molecular weight is 439 g/mol. The molecule has 0 amide bonds. The van der Waals surface area contributed by atoms with E-state index >= 15 is 0 Å². The van der Waals surface area contributed by atoms with Crippen molar-refractivity contribution in [2.24, 2.45) is 0 Å². The van der Waals surface area contributed by atoms with Crippen molar-refractivity contribution >= 4 is 5.69 Å². The summed E-state index contributed by atoms with van der Waals surface area (Å²) in [5.41, 5.74) is 9.45. The molecule has 1 aromatic heterocycles. The van der Waals surface area contributed by atoms with Crippen LogP contribution in [0.25, 0.3) is 16.9 Å². The van der Waals surface area contributed by atoms with Crippen LogP contribution in [0.1, 0.15) is 5.56 Å². The van der Waals surface area contributed by atoms with E-state index in [1.807, 2.05) is 24.3 Å². The first-order valence-electron chi connectivity index (χ1n) is 9.63. The molecule has 0 saturated carbocycles. The molecule has 0 spiro atoms.